The maximum absolute atomic E-state index is 8.85. The molecule has 0 aliphatic carbocycles. The average Bonchev–Trinajstić information content (AvgIpc) is 2.50. The van der Waals surface area contributed by atoms with Crippen molar-refractivity contribution in [1.29, 1.82) is 5.26 Å². The Bertz CT molecular complexity index is 660. The Labute approximate surface area is 136 Å². The predicted molar refractivity (Wildman–Crippen MR) is 91.4 cm³/mol. The molecule has 4 heteroatoms. The van der Waals surface area contributed by atoms with Gasteiger partial charge in [0.05, 0.1) is 12.5 Å². The largest absolute Gasteiger partial charge is 0.457 e. The zero-order chi connectivity index (χ0) is 15.9. The minimum atomic E-state index is 0.420. The monoisotopic (exact) mass is 312 g/mol. The number of nitriles is 1. The maximum atomic E-state index is 8.85. The minimum Gasteiger partial charge on any atom is -0.457 e. The van der Waals surface area contributed by atoms with E-state index in [0.29, 0.717) is 6.42 Å². The SMILES string of the molecule is CSc1ccc(Oc2ccc(CC#N)cc2CN(C)C)cc1. The van der Waals surface area contributed by atoms with Crippen LogP contribution in [0.1, 0.15) is 11.1 Å². The highest BCUT2D eigenvalue weighted by Gasteiger charge is 2.08. The molecule has 2 aromatic rings. The van der Waals surface area contributed by atoms with Crippen molar-refractivity contribution in [2.75, 3.05) is 20.4 Å². The van der Waals surface area contributed by atoms with Gasteiger partial charge < -0.3 is 9.64 Å². The van der Waals surface area contributed by atoms with E-state index in [2.05, 4.69) is 35.4 Å². The molecule has 0 amide bonds. The van der Waals surface area contributed by atoms with Gasteiger partial charge in [0.15, 0.2) is 0 Å². The van der Waals surface area contributed by atoms with Gasteiger partial charge in [0.25, 0.3) is 0 Å². The van der Waals surface area contributed by atoms with Gasteiger partial charge in [-0.1, -0.05) is 6.07 Å². The molecule has 3 nitrogen and oxygen atoms in total. The Morgan fingerprint density at radius 1 is 1.14 bits per heavy atom. The van der Waals surface area contributed by atoms with Crippen molar-refractivity contribution in [3.63, 3.8) is 0 Å². The lowest BCUT2D eigenvalue weighted by Crippen LogP contribution is -2.11. The molecule has 0 saturated carbocycles. The van der Waals surface area contributed by atoms with E-state index >= 15 is 0 Å². The number of benzene rings is 2. The van der Waals surface area contributed by atoms with E-state index in [1.54, 1.807) is 11.8 Å². The number of hydrogen-bond donors (Lipinski definition) is 0. The molecule has 114 valence electrons. The average molecular weight is 312 g/mol. The van der Waals surface area contributed by atoms with Crippen molar-refractivity contribution < 1.29 is 4.74 Å². The summed E-state index contributed by atoms with van der Waals surface area (Å²) in [6, 6.07) is 16.2. The standard InChI is InChI=1S/C18H20N2OS/c1-20(2)13-15-12-14(10-11-19)4-9-18(15)21-16-5-7-17(22-3)8-6-16/h4-9,12H,10,13H2,1-3H3. The molecule has 0 aromatic heterocycles. The van der Waals surface area contributed by atoms with Crippen molar-refractivity contribution in [1.82, 2.24) is 4.90 Å². The first-order valence-corrected chi connectivity index (χ1v) is 8.30. The van der Waals surface area contributed by atoms with Crippen LogP contribution in [-0.4, -0.2) is 25.3 Å². The van der Waals surface area contributed by atoms with Gasteiger partial charge in [0.2, 0.25) is 0 Å². The normalized spacial score (nSPS) is 10.5. The molecule has 0 heterocycles. The van der Waals surface area contributed by atoms with E-state index in [9.17, 15) is 0 Å². The van der Waals surface area contributed by atoms with Crippen molar-refractivity contribution >= 4 is 11.8 Å². The second-order valence-electron chi connectivity index (χ2n) is 5.29. The fourth-order valence-corrected chi connectivity index (χ4v) is 2.58. The third-order valence-corrected chi connectivity index (χ3v) is 3.93. The molecule has 22 heavy (non-hydrogen) atoms. The summed E-state index contributed by atoms with van der Waals surface area (Å²) in [5.74, 6) is 1.66. The molecular weight excluding hydrogens is 292 g/mol. The second kappa shape index (κ2) is 7.88. The molecule has 0 spiro atoms. The molecule has 0 aliphatic rings. The lowest BCUT2D eigenvalue weighted by atomic mass is 10.1. The Morgan fingerprint density at radius 2 is 1.86 bits per heavy atom. The fourth-order valence-electron chi connectivity index (χ4n) is 2.17. The summed E-state index contributed by atoms with van der Waals surface area (Å²) in [6.07, 6.45) is 2.47. The summed E-state index contributed by atoms with van der Waals surface area (Å²) in [4.78, 5) is 3.31. The first-order chi connectivity index (χ1) is 10.6. The highest BCUT2D eigenvalue weighted by Crippen LogP contribution is 2.28. The van der Waals surface area contributed by atoms with E-state index in [1.165, 1.54) is 4.90 Å². The molecule has 2 rings (SSSR count). The lowest BCUT2D eigenvalue weighted by Gasteiger charge is -2.16. The van der Waals surface area contributed by atoms with Crippen LogP contribution in [0.5, 0.6) is 11.5 Å². The summed E-state index contributed by atoms with van der Waals surface area (Å²) in [6.45, 7) is 0.775. The van der Waals surface area contributed by atoms with Crippen LogP contribution in [-0.2, 0) is 13.0 Å². The van der Waals surface area contributed by atoms with Gasteiger partial charge in [-0.25, -0.2) is 0 Å². The topological polar surface area (TPSA) is 36.3 Å². The van der Waals surface area contributed by atoms with Gasteiger partial charge in [-0.2, -0.15) is 5.26 Å². The lowest BCUT2D eigenvalue weighted by molar-refractivity contribution is 0.388. The maximum Gasteiger partial charge on any atom is 0.131 e. The van der Waals surface area contributed by atoms with Gasteiger partial charge in [0.1, 0.15) is 11.5 Å². The summed E-state index contributed by atoms with van der Waals surface area (Å²) in [5, 5.41) is 8.85. The Hall–Kier alpha value is -1.96. The molecule has 0 unspecified atom stereocenters. The van der Waals surface area contributed by atoms with Gasteiger partial charge in [-0.05, 0) is 62.3 Å². The molecule has 0 radical (unpaired) electrons. The van der Waals surface area contributed by atoms with E-state index in [0.717, 1.165) is 29.2 Å². The van der Waals surface area contributed by atoms with Gasteiger partial charge in [-0.3, -0.25) is 0 Å². The third kappa shape index (κ3) is 4.52. The zero-order valence-electron chi connectivity index (χ0n) is 13.2. The van der Waals surface area contributed by atoms with Crippen LogP contribution in [0.4, 0.5) is 0 Å². The van der Waals surface area contributed by atoms with Gasteiger partial charge >= 0.3 is 0 Å². The smallest absolute Gasteiger partial charge is 0.131 e. The summed E-state index contributed by atoms with van der Waals surface area (Å²) in [7, 11) is 4.04. The third-order valence-electron chi connectivity index (χ3n) is 3.18. The Balaban J connectivity index is 2.25. The second-order valence-corrected chi connectivity index (χ2v) is 6.17. The predicted octanol–water partition coefficient (Wildman–Crippen LogP) is 4.33. The minimum absolute atomic E-state index is 0.420. The molecule has 0 fully saturated rings. The van der Waals surface area contributed by atoms with Gasteiger partial charge in [0, 0.05) is 17.0 Å². The number of hydrogen-bond acceptors (Lipinski definition) is 4. The van der Waals surface area contributed by atoms with Crippen molar-refractivity contribution in [2.45, 2.75) is 17.9 Å². The Morgan fingerprint density at radius 3 is 2.45 bits per heavy atom. The number of nitrogens with zero attached hydrogens (tertiary/aromatic N) is 2. The van der Waals surface area contributed by atoms with Crippen molar-refractivity contribution in [3.05, 3.63) is 53.6 Å². The molecule has 0 aliphatic heterocycles. The first kappa shape index (κ1) is 16.4. The van der Waals surface area contributed by atoms with Crippen molar-refractivity contribution in [3.8, 4) is 17.6 Å². The molecule has 0 saturated heterocycles. The summed E-state index contributed by atoms with van der Waals surface area (Å²) < 4.78 is 6.02. The molecule has 0 N–H and O–H groups in total. The highest BCUT2D eigenvalue weighted by atomic mass is 32.2. The van der Waals surface area contributed by atoms with Crippen molar-refractivity contribution in [2.24, 2.45) is 0 Å². The first-order valence-electron chi connectivity index (χ1n) is 7.07. The van der Waals surface area contributed by atoms with E-state index in [4.69, 9.17) is 10.00 Å². The molecular formula is C18H20N2OS. The van der Waals surface area contributed by atoms with Crippen LogP contribution in [0, 0.1) is 11.3 Å². The highest BCUT2D eigenvalue weighted by molar-refractivity contribution is 7.98. The number of ether oxygens (including phenoxy) is 1. The molecule has 2 aromatic carbocycles. The fraction of sp³-hybridized carbons (Fsp3) is 0.278. The summed E-state index contributed by atoms with van der Waals surface area (Å²) in [5.41, 5.74) is 2.11. The zero-order valence-corrected chi connectivity index (χ0v) is 14.0. The number of thioether (sulfide) groups is 1. The van der Waals surface area contributed by atoms with Crippen LogP contribution in [0.15, 0.2) is 47.4 Å². The van der Waals surface area contributed by atoms with Crippen LogP contribution in [0.3, 0.4) is 0 Å². The van der Waals surface area contributed by atoms with Crippen LogP contribution >= 0.6 is 11.8 Å². The molecule has 0 bridgehead atoms. The Kier molecular flexibility index (Phi) is 5.88. The van der Waals surface area contributed by atoms with E-state index in [1.807, 2.05) is 38.4 Å². The quantitative estimate of drug-likeness (QED) is 0.744. The van der Waals surface area contributed by atoms with E-state index < -0.39 is 0 Å². The number of rotatable bonds is 6. The summed E-state index contributed by atoms with van der Waals surface area (Å²) >= 11 is 1.71. The molecule has 0 atom stereocenters. The van der Waals surface area contributed by atoms with Gasteiger partial charge in [-0.15, -0.1) is 11.8 Å². The van der Waals surface area contributed by atoms with Crippen LogP contribution < -0.4 is 4.74 Å². The van der Waals surface area contributed by atoms with Crippen LogP contribution in [0.2, 0.25) is 0 Å². The van der Waals surface area contributed by atoms with E-state index in [-0.39, 0.29) is 0 Å². The van der Waals surface area contributed by atoms with Crippen LogP contribution in [0.25, 0.3) is 0 Å².